The second-order valence-corrected chi connectivity index (χ2v) is 5.73. The summed E-state index contributed by atoms with van der Waals surface area (Å²) in [4.78, 5) is 11.8. The van der Waals surface area contributed by atoms with E-state index in [1.54, 1.807) is 18.7 Å². The zero-order valence-electron chi connectivity index (χ0n) is 11.7. The molecule has 2 aromatic rings. The van der Waals surface area contributed by atoms with Crippen LogP contribution in [0.1, 0.15) is 6.92 Å². The van der Waals surface area contributed by atoms with E-state index in [1.807, 2.05) is 28.8 Å². The Morgan fingerprint density at radius 3 is 3.05 bits per heavy atom. The molecule has 0 saturated heterocycles. The van der Waals surface area contributed by atoms with Crippen molar-refractivity contribution < 1.29 is 43.2 Å². The first-order valence-corrected chi connectivity index (χ1v) is 7.66. The summed E-state index contributed by atoms with van der Waals surface area (Å²) in [5, 5.41) is 10.9. The second kappa shape index (κ2) is 6.97. The molecular formula is C14H17IN2O3S. The Balaban J connectivity index is 0.00000161. The van der Waals surface area contributed by atoms with Gasteiger partial charge in [0.25, 0.3) is 0 Å². The fourth-order valence-corrected chi connectivity index (χ4v) is 3.62. The molecule has 0 aliphatic carbocycles. The van der Waals surface area contributed by atoms with E-state index in [4.69, 9.17) is 4.74 Å². The minimum atomic E-state index is -0.348. The highest BCUT2D eigenvalue weighted by Crippen LogP contribution is 2.26. The van der Waals surface area contributed by atoms with E-state index in [2.05, 4.69) is 4.57 Å². The van der Waals surface area contributed by atoms with E-state index in [9.17, 15) is 9.90 Å². The molecule has 0 radical (unpaired) electrons. The first-order valence-electron chi connectivity index (χ1n) is 6.68. The first kappa shape index (κ1) is 16.6. The Morgan fingerprint density at radius 2 is 2.29 bits per heavy atom. The summed E-state index contributed by atoms with van der Waals surface area (Å²) in [6, 6.07) is 7.93. The third kappa shape index (κ3) is 3.19. The summed E-state index contributed by atoms with van der Waals surface area (Å²) < 4.78 is 9.10. The largest absolute Gasteiger partial charge is 1.00 e. The minimum absolute atomic E-state index is 0. The van der Waals surface area contributed by atoms with Crippen molar-refractivity contribution in [2.45, 2.75) is 31.3 Å². The van der Waals surface area contributed by atoms with Gasteiger partial charge in [-0.15, -0.1) is 0 Å². The number of thioether (sulfide) groups is 1. The van der Waals surface area contributed by atoms with Crippen molar-refractivity contribution in [3.05, 3.63) is 24.3 Å². The van der Waals surface area contributed by atoms with Crippen molar-refractivity contribution in [3.8, 4) is 0 Å². The lowest BCUT2D eigenvalue weighted by atomic mass is 10.3. The molecule has 114 valence electrons. The lowest BCUT2D eigenvalue weighted by Gasteiger charge is -2.14. The van der Waals surface area contributed by atoms with Gasteiger partial charge in [0.1, 0.15) is 12.6 Å². The highest BCUT2D eigenvalue weighted by molar-refractivity contribution is 7.99. The fourth-order valence-electron chi connectivity index (χ4n) is 2.53. The van der Waals surface area contributed by atoms with Crippen molar-refractivity contribution >= 4 is 28.8 Å². The molecule has 0 saturated carbocycles. The summed E-state index contributed by atoms with van der Waals surface area (Å²) in [5.74, 6) is 0.419. The molecule has 1 aromatic carbocycles. The number of fused-ring (bicyclic) bond motifs is 3. The number of imidazole rings is 1. The maximum atomic E-state index is 11.8. The Hall–Kier alpha value is -0.800. The van der Waals surface area contributed by atoms with E-state index in [-0.39, 0.29) is 42.6 Å². The van der Waals surface area contributed by atoms with E-state index >= 15 is 0 Å². The number of carbonyl (C=O) groups excluding carboxylic acids is 1. The molecule has 7 heteroatoms. The van der Waals surface area contributed by atoms with Crippen LogP contribution in [0, 0.1) is 0 Å². The number of aromatic nitrogens is 2. The predicted octanol–water partition coefficient (Wildman–Crippen LogP) is -2.04. The standard InChI is InChI=1S/C14H17N2O3S.HI/c1-2-19-13(18)8-16-12-6-4-3-5-11(12)15-7-10(17)9-20-14(15)16;/h3-6,10,17H,2,7-9H2,1H3;1H/q+1;/p-1. The van der Waals surface area contributed by atoms with Gasteiger partial charge in [-0.1, -0.05) is 12.1 Å². The number of nitrogens with zero attached hydrogens (tertiary/aromatic N) is 2. The van der Waals surface area contributed by atoms with E-state index < -0.39 is 0 Å². The van der Waals surface area contributed by atoms with Crippen molar-refractivity contribution in [1.82, 2.24) is 4.57 Å². The number of para-hydroxylation sites is 2. The summed E-state index contributed by atoms with van der Waals surface area (Å²) in [5.41, 5.74) is 2.04. The van der Waals surface area contributed by atoms with Gasteiger partial charge in [-0.05, 0) is 30.8 Å². The first-order chi connectivity index (χ1) is 9.70. The third-order valence-electron chi connectivity index (χ3n) is 3.32. The number of carbonyl (C=O) groups is 1. The average molecular weight is 420 g/mol. The molecule has 1 unspecified atom stereocenters. The number of benzene rings is 1. The quantitative estimate of drug-likeness (QED) is 0.354. The molecule has 1 N–H and O–H groups in total. The van der Waals surface area contributed by atoms with Gasteiger partial charge in [-0.25, -0.2) is 13.9 Å². The molecule has 0 amide bonds. The number of rotatable bonds is 3. The average Bonchev–Trinajstić information content (AvgIpc) is 2.74. The zero-order chi connectivity index (χ0) is 14.1. The van der Waals surface area contributed by atoms with E-state index in [1.165, 1.54) is 0 Å². The van der Waals surface area contributed by atoms with Crippen molar-refractivity contribution in [1.29, 1.82) is 0 Å². The molecule has 0 spiro atoms. The maximum absolute atomic E-state index is 11.8. The van der Waals surface area contributed by atoms with Crippen LogP contribution in [0.25, 0.3) is 11.0 Å². The van der Waals surface area contributed by atoms with Gasteiger partial charge in [-0.2, -0.15) is 0 Å². The second-order valence-electron chi connectivity index (χ2n) is 4.74. The number of halogens is 1. The van der Waals surface area contributed by atoms with Gasteiger partial charge in [0.2, 0.25) is 0 Å². The molecular weight excluding hydrogens is 403 g/mol. The van der Waals surface area contributed by atoms with Crippen LogP contribution in [0.4, 0.5) is 0 Å². The SMILES string of the molecule is CCOC(=O)Cn1c2[n+](c3ccccc31)CC(O)CS2.[I-]. The molecule has 1 aliphatic heterocycles. The van der Waals surface area contributed by atoms with E-state index in [0.29, 0.717) is 18.9 Å². The van der Waals surface area contributed by atoms with Gasteiger partial charge in [0.15, 0.2) is 17.6 Å². The molecule has 3 rings (SSSR count). The van der Waals surface area contributed by atoms with Crippen molar-refractivity contribution in [2.75, 3.05) is 12.4 Å². The highest BCUT2D eigenvalue weighted by atomic mass is 127. The van der Waals surface area contributed by atoms with Gasteiger partial charge >= 0.3 is 11.1 Å². The summed E-state index contributed by atoms with van der Waals surface area (Å²) >= 11 is 1.58. The molecule has 2 heterocycles. The van der Waals surface area contributed by atoms with Crippen molar-refractivity contribution in [2.24, 2.45) is 0 Å². The van der Waals surface area contributed by atoms with Crippen molar-refractivity contribution in [3.63, 3.8) is 0 Å². The molecule has 0 bridgehead atoms. The van der Waals surface area contributed by atoms with Gasteiger partial charge in [0, 0.05) is 5.75 Å². The van der Waals surface area contributed by atoms with Gasteiger partial charge in [0.05, 0.1) is 6.61 Å². The summed E-state index contributed by atoms with van der Waals surface area (Å²) in [6.45, 7) is 2.97. The van der Waals surface area contributed by atoms with Crippen LogP contribution in [0.3, 0.4) is 0 Å². The Labute approximate surface area is 144 Å². The van der Waals surface area contributed by atoms with Crippen LogP contribution < -0.4 is 28.5 Å². The Bertz CT molecular complexity index is 659. The zero-order valence-corrected chi connectivity index (χ0v) is 14.6. The fraction of sp³-hybridized carbons (Fsp3) is 0.429. The van der Waals surface area contributed by atoms with Gasteiger partial charge in [-0.3, -0.25) is 0 Å². The number of aliphatic hydroxyl groups is 1. The lowest BCUT2D eigenvalue weighted by Crippen LogP contribution is -3.00. The third-order valence-corrected chi connectivity index (χ3v) is 4.57. The van der Waals surface area contributed by atoms with Crippen LogP contribution in [-0.2, 0) is 22.6 Å². The Morgan fingerprint density at radius 1 is 1.52 bits per heavy atom. The minimum Gasteiger partial charge on any atom is -1.00 e. The molecule has 1 aromatic heterocycles. The maximum Gasteiger partial charge on any atom is 0.348 e. The highest BCUT2D eigenvalue weighted by Gasteiger charge is 2.32. The number of ether oxygens (including phenoxy) is 1. The molecule has 1 atom stereocenters. The van der Waals surface area contributed by atoms with E-state index in [0.717, 1.165) is 16.2 Å². The number of hydrogen-bond acceptors (Lipinski definition) is 4. The topological polar surface area (TPSA) is 55.3 Å². The molecule has 0 fully saturated rings. The number of aliphatic hydroxyl groups excluding tert-OH is 1. The van der Waals surface area contributed by atoms with Crippen LogP contribution in [-0.4, -0.2) is 34.1 Å². The Kier molecular flexibility index (Phi) is 5.50. The summed E-state index contributed by atoms with van der Waals surface area (Å²) in [7, 11) is 0. The summed E-state index contributed by atoms with van der Waals surface area (Å²) in [6.07, 6.45) is -0.348. The normalized spacial score (nSPS) is 17.1. The monoisotopic (exact) mass is 420 g/mol. The lowest BCUT2D eigenvalue weighted by molar-refractivity contribution is -0.717. The molecule has 5 nitrogen and oxygen atoms in total. The van der Waals surface area contributed by atoms with Crippen LogP contribution in [0.5, 0.6) is 0 Å². The van der Waals surface area contributed by atoms with Crippen LogP contribution >= 0.6 is 11.8 Å². The molecule has 1 aliphatic rings. The number of hydrogen-bond donors (Lipinski definition) is 1. The smallest absolute Gasteiger partial charge is 0.348 e. The molecule has 21 heavy (non-hydrogen) atoms. The predicted molar refractivity (Wildman–Crippen MR) is 75.5 cm³/mol. The van der Waals surface area contributed by atoms with Crippen LogP contribution in [0.2, 0.25) is 0 Å². The van der Waals surface area contributed by atoms with Crippen LogP contribution in [0.15, 0.2) is 29.4 Å². The van der Waals surface area contributed by atoms with Gasteiger partial charge < -0.3 is 33.8 Å². The number of esters is 1.